The highest BCUT2D eigenvalue weighted by atomic mass is 35.5. The maximum absolute atomic E-state index is 14.9. The quantitative estimate of drug-likeness (QED) is 0.417. The van der Waals surface area contributed by atoms with Crippen molar-refractivity contribution in [2.24, 2.45) is 5.92 Å². The van der Waals surface area contributed by atoms with Gasteiger partial charge in [-0.25, -0.2) is 8.78 Å². The maximum atomic E-state index is 14.9. The molecular weight excluding hydrogens is 532 g/mol. The minimum atomic E-state index is -0.613. The third-order valence-electron chi connectivity index (χ3n) is 8.72. The summed E-state index contributed by atoms with van der Waals surface area (Å²) in [6, 6.07) is 7.68. The summed E-state index contributed by atoms with van der Waals surface area (Å²) < 4.78 is 28.6. The molecule has 0 bridgehead atoms. The molecule has 2 aliphatic rings. The average Bonchev–Trinajstić information content (AvgIpc) is 3.34. The van der Waals surface area contributed by atoms with E-state index in [1.165, 1.54) is 24.6 Å². The Morgan fingerprint density at radius 2 is 1.75 bits per heavy atom. The summed E-state index contributed by atoms with van der Waals surface area (Å²) in [5.41, 5.74) is 3.45. The Kier molecular flexibility index (Phi) is 9.25. The summed E-state index contributed by atoms with van der Waals surface area (Å²) in [7, 11) is 0. The molecule has 1 N–H and O–H groups in total. The van der Waals surface area contributed by atoms with E-state index in [9.17, 15) is 18.4 Å². The first-order valence-corrected chi connectivity index (χ1v) is 14.7. The van der Waals surface area contributed by atoms with Crippen molar-refractivity contribution in [3.8, 4) is 0 Å². The van der Waals surface area contributed by atoms with Gasteiger partial charge < -0.3 is 10.2 Å². The van der Waals surface area contributed by atoms with Gasteiger partial charge in [-0.1, -0.05) is 30.7 Å². The van der Waals surface area contributed by atoms with E-state index in [-0.39, 0.29) is 35.2 Å². The number of hydrogen-bond acceptors (Lipinski definition) is 3. The lowest BCUT2D eigenvalue weighted by molar-refractivity contribution is -0.136. The molecule has 2 aliphatic heterocycles. The SMILES string of the molecule is CCC(NC(C)=O)c1cc(Cl)c(C)cc1C1CCN(C(=O)C2CN(C(C)(C)C)C[C@H]2c2ccc(F)cc2F)CC1. The van der Waals surface area contributed by atoms with E-state index in [2.05, 4.69) is 37.1 Å². The molecule has 2 fully saturated rings. The van der Waals surface area contributed by atoms with Crippen LogP contribution in [0.15, 0.2) is 30.3 Å². The Morgan fingerprint density at radius 3 is 2.33 bits per heavy atom. The Morgan fingerprint density at radius 1 is 1.07 bits per heavy atom. The highest BCUT2D eigenvalue weighted by Crippen LogP contribution is 2.41. The minimum absolute atomic E-state index is 0.0381. The molecule has 2 saturated heterocycles. The third kappa shape index (κ3) is 6.52. The van der Waals surface area contributed by atoms with Gasteiger partial charge in [0.05, 0.1) is 12.0 Å². The Hall–Kier alpha value is -2.51. The number of benzene rings is 2. The number of halogens is 3. The number of aryl methyl sites for hydroxylation is 1. The fraction of sp³-hybridized carbons (Fsp3) is 0.562. The van der Waals surface area contributed by atoms with E-state index < -0.39 is 17.6 Å². The van der Waals surface area contributed by atoms with Gasteiger partial charge in [0.25, 0.3) is 0 Å². The zero-order valence-electron chi connectivity index (χ0n) is 24.5. The first-order chi connectivity index (χ1) is 18.8. The van der Waals surface area contributed by atoms with Crippen LogP contribution in [-0.2, 0) is 9.59 Å². The van der Waals surface area contributed by atoms with Crippen molar-refractivity contribution in [3.05, 3.63) is 69.2 Å². The van der Waals surface area contributed by atoms with E-state index in [4.69, 9.17) is 11.6 Å². The van der Waals surface area contributed by atoms with Gasteiger partial charge in [-0.3, -0.25) is 14.5 Å². The largest absolute Gasteiger partial charge is 0.350 e. The molecule has 0 aromatic heterocycles. The van der Waals surface area contributed by atoms with Crippen molar-refractivity contribution >= 4 is 23.4 Å². The van der Waals surface area contributed by atoms with Gasteiger partial charge in [-0.15, -0.1) is 0 Å². The first kappa shape index (κ1) is 30.4. The van der Waals surface area contributed by atoms with E-state index in [1.807, 2.05) is 24.8 Å². The maximum Gasteiger partial charge on any atom is 0.227 e. The molecule has 4 rings (SSSR count). The van der Waals surface area contributed by atoms with Crippen molar-refractivity contribution in [1.82, 2.24) is 15.1 Å². The molecule has 2 aromatic rings. The number of amides is 2. The van der Waals surface area contributed by atoms with E-state index in [1.54, 1.807) is 0 Å². The van der Waals surface area contributed by atoms with Gasteiger partial charge in [-0.05, 0) is 87.3 Å². The van der Waals surface area contributed by atoms with Crippen molar-refractivity contribution in [2.75, 3.05) is 26.2 Å². The lowest BCUT2D eigenvalue weighted by Crippen LogP contribution is -2.44. The van der Waals surface area contributed by atoms with Crippen LogP contribution in [0.2, 0.25) is 5.02 Å². The molecule has 0 spiro atoms. The molecule has 0 aliphatic carbocycles. The topological polar surface area (TPSA) is 52.7 Å². The normalized spacial score (nSPS) is 21.5. The molecule has 5 nitrogen and oxygen atoms in total. The number of hydrogen-bond donors (Lipinski definition) is 1. The second-order valence-corrected chi connectivity index (χ2v) is 12.9. The Labute approximate surface area is 242 Å². The molecule has 40 heavy (non-hydrogen) atoms. The summed E-state index contributed by atoms with van der Waals surface area (Å²) in [6.07, 6.45) is 2.33. The van der Waals surface area contributed by atoms with Crippen molar-refractivity contribution in [1.29, 1.82) is 0 Å². The number of rotatable bonds is 6. The number of likely N-dealkylation sites (tertiary alicyclic amines) is 2. The highest BCUT2D eigenvalue weighted by molar-refractivity contribution is 6.31. The van der Waals surface area contributed by atoms with Crippen LogP contribution in [0.4, 0.5) is 8.78 Å². The van der Waals surface area contributed by atoms with Crippen molar-refractivity contribution in [2.45, 2.75) is 84.2 Å². The number of nitrogens with one attached hydrogen (secondary N) is 1. The van der Waals surface area contributed by atoms with Crippen LogP contribution in [0.3, 0.4) is 0 Å². The molecule has 218 valence electrons. The second-order valence-electron chi connectivity index (χ2n) is 12.4. The predicted molar refractivity (Wildman–Crippen MR) is 156 cm³/mol. The number of nitrogens with zero attached hydrogens (tertiary/aromatic N) is 2. The summed E-state index contributed by atoms with van der Waals surface area (Å²) in [5, 5.41) is 3.74. The molecule has 2 heterocycles. The van der Waals surface area contributed by atoms with E-state index in [0.29, 0.717) is 36.8 Å². The fourth-order valence-corrected chi connectivity index (χ4v) is 6.56. The minimum Gasteiger partial charge on any atom is -0.350 e. The van der Waals surface area contributed by atoms with Crippen LogP contribution in [0, 0.1) is 24.5 Å². The number of carbonyl (C=O) groups excluding carboxylic acids is 2. The molecular formula is C32H42ClF2N3O2. The monoisotopic (exact) mass is 573 g/mol. The number of piperidine rings is 1. The first-order valence-electron chi connectivity index (χ1n) is 14.4. The van der Waals surface area contributed by atoms with E-state index in [0.717, 1.165) is 36.5 Å². The fourth-order valence-electron chi connectivity index (χ4n) is 6.38. The molecule has 2 amide bonds. The van der Waals surface area contributed by atoms with Crippen LogP contribution in [0.25, 0.3) is 0 Å². The zero-order chi connectivity index (χ0) is 29.4. The Balaban J connectivity index is 1.55. The lowest BCUT2D eigenvalue weighted by Gasteiger charge is -2.36. The third-order valence-corrected chi connectivity index (χ3v) is 9.13. The molecule has 3 atom stereocenters. The summed E-state index contributed by atoms with van der Waals surface area (Å²) in [6.45, 7) is 14.1. The lowest BCUT2D eigenvalue weighted by atomic mass is 9.82. The molecule has 2 unspecified atom stereocenters. The summed E-state index contributed by atoms with van der Waals surface area (Å²) in [4.78, 5) is 30.0. The predicted octanol–water partition coefficient (Wildman–Crippen LogP) is 6.73. The molecule has 8 heteroatoms. The van der Waals surface area contributed by atoms with Crippen LogP contribution in [0.1, 0.15) is 94.0 Å². The van der Waals surface area contributed by atoms with Gasteiger partial charge in [0.2, 0.25) is 11.8 Å². The van der Waals surface area contributed by atoms with Crippen LogP contribution in [-0.4, -0.2) is 53.3 Å². The van der Waals surface area contributed by atoms with E-state index >= 15 is 0 Å². The standard InChI is InChI=1S/C32H42ClF2N3O2/c1-7-30(36-20(3)39)25-16-28(33)19(2)14-24(25)21-10-12-37(13-11-21)31(40)27-18-38(32(4,5)6)17-26(27)23-9-8-22(34)15-29(23)35/h8-9,14-16,21,26-27,30H,7,10-13,17-18H2,1-6H3,(H,36,39)/t26-,27?,30?/m0/s1. The smallest absolute Gasteiger partial charge is 0.227 e. The molecule has 2 aromatic carbocycles. The van der Waals surface area contributed by atoms with Crippen LogP contribution < -0.4 is 5.32 Å². The highest BCUT2D eigenvalue weighted by Gasteiger charge is 2.44. The molecule has 0 radical (unpaired) electrons. The summed E-state index contributed by atoms with van der Waals surface area (Å²) >= 11 is 6.51. The van der Waals surface area contributed by atoms with Gasteiger partial charge >= 0.3 is 0 Å². The summed E-state index contributed by atoms with van der Waals surface area (Å²) in [5.74, 6) is -1.74. The van der Waals surface area contributed by atoms with Crippen molar-refractivity contribution in [3.63, 3.8) is 0 Å². The van der Waals surface area contributed by atoms with Crippen LogP contribution >= 0.6 is 11.6 Å². The van der Waals surface area contributed by atoms with Gasteiger partial charge in [0, 0.05) is 55.6 Å². The molecule has 0 saturated carbocycles. The van der Waals surface area contributed by atoms with Gasteiger partial charge in [-0.2, -0.15) is 0 Å². The second kappa shape index (κ2) is 12.2. The van der Waals surface area contributed by atoms with Gasteiger partial charge in [0.15, 0.2) is 0 Å². The van der Waals surface area contributed by atoms with Crippen LogP contribution in [0.5, 0.6) is 0 Å². The zero-order valence-corrected chi connectivity index (χ0v) is 25.2. The van der Waals surface area contributed by atoms with Gasteiger partial charge in [0.1, 0.15) is 11.6 Å². The average molecular weight is 574 g/mol. The Bertz CT molecular complexity index is 1250. The number of carbonyl (C=O) groups is 2. The van der Waals surface area contributed by atoms with Crippen molar-refractivity contribution < 1.29 is 18.4 Å².